The van der Waals surface area contributed by atoms with Gasteiger partial charge in [0.25, 0.3) is 0 Å². The van der Waals surface area contributed by atoms with Crippen molar-refractivity contribution < 1.29 is 28.6 Å². The van der Waals surface area contributed by atoms with Gasteiger partial charge >= 0.3 is 6.09 Å². The zero-order valence-corrected chi connectivity index (χ0v) is 13.9. The number of benzene rings is 2. The van der Waals surface area contributed by atoms with E-state index in [4.69, 9.17) is 9.94 Å². The predicted molar refractivity (Wildman–Crippen MR) is 90.3 cm³/mol. The van der Waals surface area contributed by atoms with Gasteiger partial charge in [-0.1, -0.05) is 30.3 Å². The average Bonchev–Trinajstić information content (AvgIpc) is 2.57. The molecule has 0 aliphatic carbocycles. The lowest BCUT2D eigenvalue weighted by molar-refractivity contribution is -0.00421. The first-order chi connectivity index (χ1) is 12.4. The first-order valence-corrected chi connectivity index (χ1v) is 7.95. The van der Waals surface area contributed by atoms with Crippen LogP contribution in [0.1, 0.15) is 11.1 Å². The molecule has 0 unspecified atom stereocenters. The van der Waals surface area contributed by atoms with Crippen molar-refractivity contribution in [1.29, 1.82) is 0 Å². The van der Waals surface area contributed by atoms with Gasteiger partial charge in [-0.05, 0) is 29.7 Å². The van der Waals surface area contributed by atoms with Crippen LogP contribution in [-0.4, -0.2) is 35.0 Å². The van der Waals surface area contributed by atoms with E-state index in [0.29, 0.717) is 0 Å². The van der Waals surface area contributed by atoms with Crippen molar-refractivity contribution >= 4 is 6.09 Å². The molecule has 2 aromatic carbocycles. The lowest BCUT2D eigenvalue weighted by atomic mass is 10.0. The Morgan fingerprint density at radius 3 is 2.35 bits per heavy atom. The molecule has 0 radical (unpaired) electrons. The van der Waals surface area contributed by atoms with Crippen LogP contribution in [0.3, 0.4) is 0 Å². The molecule has 4 N–H and O–H groups in total. The number of halogens is 2. The van der Waals surface area contributed by atoms with Crippen molar-refractivity contribution in [3.05, 3.63) is 71.3 Å². The fourth-order valence-corrected chi connectivity index (χ4v) is 2.42. The van der Waals surface area contributed by atoms with Gasteiger partial charge in [-0.3, -0.25) is 4.84 Å². The third kappa shape index (κ3) is 6.75. The fourth-order valence-electron chi connectivity index (χ4n) is 2.42. The summed E-state index contributed by atoms with van der Waals surface area (Å²) in [6.07, 6.45) is -2.60. The second-order valence-corrected chi connectivity index (χ2v) is 5.73. The van der Waals surface area contributed by atoms with Gasteiger partial charge in [-0.15, -0.1) is 0 Å². The molecule has 26 heavy (non-hydrogen) atoms. The van der Waals surface area contributed by atoms with Crippen molar-refractivity contribution in [2.75, 3.05) is 6.54 Å². The highest BCUT2D eigenvalue weighted by atomic mass is 19.1. The van der Waals surface area contributed by atoms with Crippen LogP contribution in [0.5, 0.6) is 0 Å². The minimum absolute atomic E-state index is 0.0738. The van der Waals surface area contributed by atoms with Crippen LogP contribution < -0.4 is 10.8 Å². The first kappa shape index (κ1) is 19.8. The Labute approximate surface area is 149 Å². The second-order valence-electron chi connectivity index (χ2n) is 5.73. The predicted octanol–water partition coefficient (Wildman–Crippen LogP) is 2.23. The molecule has 0 saturated heterocycles. The first-order valence-electron chi connectivity index (χ1n) is 7.95. The van der Waals surface area contributed by atoms with E-state index in [1.807, 2.05) is 30.3 Å². The number of hydroxylamine groups is 1. The van der Waals surface area contributed by atoms with Gasteiger partial charge in [-0.25, -0.2) is 13.6 Å². The van der Waals surface area contributed by atoms with Gasteiger partial charge in [-0.2, -0.15) is 5.48 Å². The Hall–Kier alpha value is -2.55. The monoisotopic (exact) mass is 366 g/mol. The van der Waals surface area contributed by atoms with Crippen LogP contribution in [0.4, 0.5) is 13.6 Å². The van der Waals surface area contributed by atoms with E-state index < -0.39 is 29.9 Å². The number of hydrogen-bond donors (Lipinski definition) is 4. The molecule has 6 nitrogen and oxygen atoms in total. The molecule has 0 bridgehead atoms. The number of hydrogen-bond acceptors (Lipinski definition) is 4. The van der Waals surface area contributed by atoms with Crippen LogP contribution in [0, 0.1) is 11.6 Å². The molecule has 0 heterocycles. The number of aliphatic hydroxyl groups excluding tert-OH is 1. The van der Waals surface area contributed by atoms with Crippen molar-refractivity contribution in [3.8, 4) is 0 Å². The normalized spacial score (nSPS) is 13.2. The van der Waals surface area contributed by atoms with Crippen molar-refractivity contribution in [2.45, 2.75) is 25.2 Å². The van der Waals surface area contributed by atoms with E-state index in [1.165, 1.54) is 0 Å². The number of rotatable bonds is 9. The molecule has 0 fully saturated rings. The van der Waals surface area contributed by atoms with Crippen LogP contribution in [-0.2, 0) is 17.9 Å². The highest BCUT2D eigenvalue weighted by Gasteiger charge is 2.22. The van der Waals surface area contributed by atoms with Gasteiger partial charge in [0, 0.05) is 12.6 Å². The molecule has 0 aliphatic rings. The maximum absolute atomic E-state index is 13.3. The summed E-state index contributed by atoms with van der Waals surface area (Å²) in [7, 11) is 0. The van der Waals surface area contributed by atoms with Gasteiger partial charge in [0.05, 0.1) is 18.8 Å². The molecule has 0 spiro atoms. The fraction of sp³-hybridized carbons (Fsp3) is 0.278. The standard InChI is InChI=1S/C18H20F2N2O4/c19-14-6-13(7-15(20)9-14)8-16(22-18(24)25)17(23)10-21-26-11-12-4-2-1-3-5-12/h1-7,9,16-17,21-23H,8,10-11H2,(H,24,25)/t16-,17-/m0/s1. The summed E-state index contributed by atoms with van der Waals surface area (Å²) in [6.45, 7) is 0.190. The number of aliphatic hydroxyl groups is 1. The third-order valence-electron chi connectivity index (χ3n) is 3.63. The van der Waals surface area contributed by atoms with Crippen molar-refractivity contribution in [2.24, 2.45) is 0 Å². The Kier molecular flexibility index (Phi) is 7.46. The lowest BCUT2D eigenvalue weighted by Crippen LogP contribution is -2.48. The Morgan fingerprint density at radius 1 is 1.08 bits per heavy atom. The van der Waals surface area contributed by atoms with Crippen LogP contribution in [0.15, 0.2) is 48.5 Å². The van der Waals surface area contributed by atoms with E-state index in [-0.39, 0.29) is 25.1 Å². The molecule has 2 atom stereocenters. The molecule has 0 aliphatic heterocycles. The van der Waals surface area contributed by atoms with Crippen LogP contribution >= 0.6 is 0 Å². The third-order valence-corrected chi connectivity index (χ3v) is 3.63. The van der Waals surface area contributed by atoms with E-state index in [1.54, 1.807) is 0 Å². The quantitative estimate of drug-likeness (QED) is 0.404. The Bertz CT molecular complexity index is 695. The summed E-state index contributed by atoms with van der Waals surface area (Å²) >= 11 is 0. The van der Waals surface area contributed by atoms with E-state index >= 15 is 0 Å². The summed E-state index contributed by atoms with van der Waals surface area (Å²) in [5.74, 6) is -1.54. The zero-order valence-electron chi connectivity index (χ0n) is 13.9. The van der Waals surface area contributed by atoms with Crippen molar-refractivity contribution in [3.63, 3.8) is 0 Å². The molecular formula is C18H20F2N2O4. The number of amides is 1. The summed E-state index contributed by atoms with van der Waals surface area (Å²) in [5.41, 5.74) is 3.71. The number of nitrogens with one attached hydrogen (secondary N) is 2. The summed E-state index contributed by atoms with van der Waals surface area (Å²) in [6, 6.07) is 11.3. The lowest BCUT2D eigenvalue weighted by Gasteiger charge is -2.23. The minimum Gasteiger partial charge on any atom is -0.465 e. The highest BCUT2D eigenvalue weighted by molar-refractivity contribution is 5.65. The zero-order chi connectivity index (χ0) is 18.9. The molecule has 0 aromatic heterocycles. The summed E-state index contributed by atoms with van der Waals surface area (Å²) in [5, 5.41) is 21.3. The summed E-state index contributed by atoms with van der Waals surface area (Å²) in [4.78, 5) is 16.2. The van der Waals surface area contributed by atoms with E-state index in [0.717, 1.165) is 23.8 Å². The minimum atomic E-state index is -1.35. The highest BCUT2D eigenvalue weighted by Crippen LogP contribution is 2.12. The number of carboxylic acid groups (broad SMARTS) is 1. The summed E-state index contributed by atoms with van der Waals surface area (Å²) < 4.78 is 26.6. The molecule has 1 amide bonds. The topological polar surface area (TPSA) is 90.8 Å². The van der Waals surface area contributed by atoms with E-state index in [9.17, 15) is 18.7 Å². The van der Waals surface area contributed by atoms with E-state index in [2.05, 4.69) is 10.8 Å². The second kappa shape index (κ2) is 9.81. The number of carbonyl (C=O) groups is 1. The molecule has 8 heteroatoms. The molecular weight excluding hydrogens is 346 g/mol. The molecule has 140 valence electrons. The van der Waals surface area contributed by atoms with Gasteiger partial charge in [0.15, 0.2) is 0 Å². The smallest absolute Gasteiger partial charge is 0.404 e. The SMILES string of the molecule is O=C(O)N[C@@H](Cc1cc(F)cc(F)c1)[C@@H](O)CNOCc1ccccc1. The largest absolute Gasteiger partial charge is 0.465 e. The van der Waals surface area contributed by atoms with Gasteiger partial charge in [0.1, 0.15) is 11.6 Å². The van der Waals surface area contributed by atoms with Crippen LogP contribution in [0.25, 0.3) is 0 Å². The van der Waals surface area contributed by atoms with Crippen molar-refractivity contribution in [1.82, 2.24) is 10.8 Å². The molecule has 0 saturated carbocycles. The Balaban J connectivity index is 1.89. The Morgan fingerprint density at radius 2 is 1.73 bits per heavy atom. The van der Waals surface area contributed by atoms with Crippen LogP contribution in [0.2, 0.25) is 0 Å². The van der Waals surface area contributed by atoms with Gasteiger partial charge in [0.2, 0.25) is 0 Å². The average molecular weight is 366 g/mol. The van der Waals surface area contributed by atoms with Gasteiger partial charge < -0.3 is 15.5 Å². The maximum Gasteiger partial charge on any atom is 0.404 e. The maximum atomic E-state index is 13.3. The molecule has 2 aromatic rings. The molecule has 2 rings (SSSR count).